The van der Waals surface area contributed by atoms with Crippen LogP contribution in [-0.2, 0) is 10.0 Å². The molecular formula is C18H16Cl2F3N5O3S2. The number of nitrogens with zero attached hydrogens (tertiary/aromatic N) is 2. The lowest BCUT2D eigenvalue weighted by Gasteiger charge is -2.14. The number of hydrogen-bond donors (Lipinski definition) is 3. The number of aromatic nitrogens is 2. The van der Waals surface area contributed by atoms with Crippen LogP contribution in [0.4, 0.5) is 30.4 Å². The van der Waals surface area contributed by atoms with E-state index in [0.29, 0.717) is 6.42 Å². The summed E-state index contributed by atoms with van der Waals surface area (Å²) >= 11 is 13.4. The SMILES string of the molecule is CCCS(=O)(=O)Nc1ccc(Cl)c(NC(=O)c2csc3c(NCC(F)(F)F)ncnc23)c1Cl. The van der Waals surface area contributed by atoms with E-state index in [0.717, 1.165) is 17.7 Å². The third-order valence-corrected chi connectivity index (χ3v) is 7.28. The van der Waals surface area contributed by atoms with E-state index in [-0.39, 0.29) is 48.8 Å². The van der Waals surface area contributed by atoms with Crippen LogP contribution in [0.2, 0.25) is 10.0 Å². The van der Waals surface area contributed by atoms with E-state index in [1.807, 2.05) is 0 Å². The quantitative estimate of drug-likeness (QED) is 0.353. The number of halogens is 5. The third kappa shape index (κ3) is 6.16. The van der Waals surface area contributed by atoms with Crippen LogP contribution in [0.25, 0.3) is 10.2 Å². The number of nitrogens with one attached hydrogen (secondary N) is 3. The van der Waals surface area contributed by atoms with Gasteiger partial charge in [0.15, 0.2) is 0 Å². The van der Waals surface area contributed by atoms with Crippen LogP contribution >= 0.6 is 34.5 Å². The van der Waals surface area contributed by atoms with Gasteiger partial charge in [-0.2, -0.15) is 13.2 Å². The molecule has 0 saturated heterocycles. The largest absolute Gasteiger partial charge is 0.405 e. The summed E-state index contributed by atoms with van der Waals surface area (Å²) in [6, 6.07) is 2.72. The Morgan fingerprint density at radius 2 is 1.94 bits per heavy atom. The first-order valence-corrected chi connectivity index (χ1v) is 12.5. The molecule has 0 spiro atoms. The minimum Gasteiger partial charge on any atom is -0.360 e. The van der Waals surface area contributed by atoms with Crippen LogP contribution in [-0.4, -0.2) is 42.8 Å². The first-order chi connectivity index (χ1) is 15.4. The number of fused-ring (bicyclic) bond motifs is 1. The number of amides is 1. The molecule has 0 unspecified atom stereocenters. The van der Waals surface area contributed by atoms with Gasteiger partial charge in [-0.3, -0.25) is 9.52 Å². The summed E-state index contributed by atoms with van der Waals surface area (Å²) in [5.41, 5.74) is 0.172. The zero-order chi connectivity index (χ0) is 24.4. The second kappa shape index (κ2) is 9.87. The van der Waals surface area contributed by atoms with Crippen LogP contribution in [0.15, 0.2) is 23.8 Å². The van der Waals surface area contributed by atoms with Gasteiger partial charge in [0.05, 0.1) is 43.0 Å². The molecule has 8 nitrogen and oxygen atoms in total. The number of carbonyl (C=O) groups is 1. The maximum absolute atomic E-state index is 12.9. The molecule has 2 heterocycles. The van der Waals surface area contributed by atoms with Crippen molar-refractivity contribution in [3.8, 4) is 0 Å². The van der Waals surface area contributed by atoms with E-state index < -0.39 is 28.7 Å². The summed E-state index contributed by atoms with van der Waals surface area (Å²) in [4.78, 5) is 20.7. The van der Waals surface area contributed by atoms with Crippen LogP contribution < -0.4 is 15.4 Å². The summed E-state index contributed by atoms with van der Waals surface area (Å²) in [6.07, 6.45) is -3.03. The van der Waals surface area contributed by atoms with E-state index in [9.17, 15) is 26.4 Å². The van der Waals surface area contributed by atoms with Crippen molar-refractivity contribution in [1.82, 2.24) is 9.97 Å². The molecule has 0 saturated carbocycles. The number of anilines is 3. The van der Waals surface area contributed by atoms with Gasteiger partial charge in [0.2, 0.25) is 10.0 Å². The fourth-order valence-corrected chi connectivity index (χ4v) is 5.41. The molecule has 0 aliphatic rings. The molecule has 0 aliphatic heterocycles. The van der Waals surface area contributed by atoms with Gasteiger partial charge < -0.3 is 10.6 Å². The summed E-state index contributed by atoms with van der Waals surface area (Å²) < 4.78 is 64.3. The van der Waals surface area contributed by atoms with Crippen molar-refractivity contribution in [2.24, 2.45) is 0 Å². The standard InChI is InChI=1S/C18H16Cl2F3N5O3S2/c1-2-5-33(30,31)28-11-4-3-10(19)14(12(11)20)27-17(29)9-6-32-15-13(9)25-8-26-16(15)24-7-18(21,22)23/h3-4,6,8,28H,2,5,7H2,1H3,(H,27,29)(H,24,25,26). The highest BCUT2D eigenvalue weighted by Crippen LogP contribution is 2.38. The molecule has 3 aromatic rings. The van der Waals surface area contributed by atoms with Gasteiger partial charge in [0, 0.05) is 5.38 Å². The zero-order valence-corrected chi connectivity index (χ0v) is 19.9. The molecule has 0 bridgehead atoms. The molecule has 0 radical (unpaired) electrons. The average molecular weight is 542 g/mol. The number of carbonyl (C=O) groups excluding carboxylic acids is 1. The van der Waals surface area contributed by atoms with Gasteiger partial charge in [-0.1, -0.05) is 30.1 Å². The first-order valence-electron chi connectivity index (χ1n) is 9.24. The van der Waals surface area contributed by atoms with E-state index in [1.54, 1.807) is 6.92 Å². The number of benzene rings is 1. The highest BCUT2D eigenvalue weighted by atomic mass is 35.5. The molecular weight excluding hydrogens is 526 g/mol. The molecule has 0 fully saturated rings. The van der Waals surface area contributed by atoms with Gasteiger partial charge in [-0.25, -0.2) is 18.4 Å². The van der Waals surface area contributed by atoms with Crippen LogP contribution in [0, 0.1) is 0 Å². The molecule has 0 atom stereocenters. The monoisotopic (exact) mass is 541 g/mol. The van der Waals surface area contributed by atoms with Crippen LogP contribution in [0.5, 0.6) is 0 Å². The lowest BCUT2D eigenvalue weighted by molar-refractivity contribution is -0.115. The second-order valence-corrected chi connectivity index (χ2v) is 10.2. The van der Waals surface area contributed by atoms with Crippen LogP contribution in [0.3, 0.4) is 0 Å². The molecule has 3 rings (SSSR count). The van der Waals surface area contributed by atoms with Gasteiger partial charge >= 0.3 is 6.18 Å². The fourth-order valence-electron chi connectivity index (χ4n) is 2.74. The van der Waals surface area contributed by atoms with Crippen molar-refractivity contribution in [3.63, 3.8) is 0 Å². The Bertz CT molecular complexity index is 1300. The molecule has 1 aromatic carbocycles. The third-order valence-electron chi connectivity index (χ3n) is 4.12. The molecule has 3 N–H and O–H groups in total. The van der Waals surface area contributed by atoms with E-state index in [1.165, 1.54) is 17.5 Å². The highest BCUT2D eigenvalue weighted by Gasteiger charge is 2.28. The minimum absolute atomic E-state index is 0.0287. The van der Waals surface area contributed by atoms with Gasteiger partial charge in [0.25, 0.3) is 5.91 Å². The molecule has 0 aliphatic carbocycles. The number of sulfonamides is 1. The number of thiophene rings is 1. The maximum Gasteiger partial charge on any atom is 0.405 e. The van der Waals surface area contributed by atoms with E-state index in [4.69, 9.17) is 23.2 Å². The Morgan fingerprint density at radius 3 is 2.61 bits per heavy atom. The van der Waals surface area contributed by atoms with Crippen molar-refractivity contribution in [2.45, 2.75) is 19.5 Å². The molecule has 15 heteroatoms. The summed E-state index contributed by atoms with van der Waals surface area (Å²) in [7, 11) is -3.65. The van der Waals surface area contributed by atoms with Crippen molar-refractivity contribution >= 4 is 77.9 Å². The van der Waals surface area contributed by atoms with E-state index >= 15 is 0 Å². The van der Waals surface area contributed by atoms with E-state index in [2.05, 4.69) is 25.3 Å². The summed E-state index contributed by atoms with van der Waals surface area (Å²) in [5, 5.41) is 6.03. The summed E-state index contributed by atoms with van der Waals surface area (Å²) in [6.45, 7) is 0.400. The lowest BCUT2D eigenvalue weighted by atomic mass is 10.2. The normalized spacial score (nSPS) is 12.1. The van der Waals surface area contributed by atoms with Gasteiger partial charge in [0.1, 0.15) is 18.7 Å². The predicted molar refractivity (Wildman–Crippen MR) is 124 cm³/mol. The number of alkyl halides is 3. The molecule has 178 valence electrons. The predicted octanol–water partition coefficient (Wildman–Crippen LogP) is 5.38. The average Bonchev–Trinajstić information content (AvgIpc) is 3.16. The highest BCUT2D eigenvalue weighted by molar-refractivity contribution is 7.92. The Balaban J connectivity index is 1.89. The number of hydrogen-bond acceptors (Lipinski definition) is 7. The Morgan fingerprint density at radius 1 is 1.21 bits per heavy atom. The Labute approximate surface area is 200 Å². The molecule has 2 aromatic heterocycles. The first kappa shape index (κ1) is 25.3. The van der Waals surface area contributed by atoms with Crippen molar-refractivity contribution in [2.75, 3.05) is 27.7 Å². The van der Waals surface area contributed by atoms with Crippen molar-refractivity contribution in [1.29, 1.82) is 0 Å². The number of rotatable bonds is 8. The maximum atomic E-state index is 12.9. The van der Waals surface area contributed by atoms with Crippen molar-refractivity contribution in [3.05, 3.63) is 39.4 Å². The lowest BCUT2D eigenvalue weighted by Crippen LogP contribution is -2.21. The second-order valence-electron chi connectivity index (χ2n) is 6.68. The van der Waals surface area contributed by atoms with Crippen LogP contribution in [0.1, 0.15) is 23.7 Å². The topological polar surface area (TPSA) is 113 Å². The minimum atomic E-state index is -4.45. The smallest absolute Gasteiger partial charge is 0.360 e. The molecule has 1 amide bonds. The molecule has 33 heavy (non-hydrogen) atoms. The zero-order valence-electron chi connectivity index (χ0n) is 16.8. The fraction of sp³-hybridized carbons (Fsp3) is 0.278. The van der Waals surface area contributed by atoms with Crippen molar-refractivity contribution < 1.29 is 26.4 Å². The Hall–Kier alpha value is -2.35. The summed E-state index contributed by atoms with van der Waals surface area (Å²) in [5.74, 6) is -0.886. The van der Waals surface area contributed by atoms with Gasteiger partial charge in [-0.15, -0.1) is 11.3 Å². The Kier molecular flexibility index (Phi) is 7.56. The van der Waals surface area contributed by atoms with Gasteiger partial charge in [-0.05, 0) is 18.6 Å².